The fourth-order valence-corrected chi connectivity index (χ4v) is 3.41. The van der Waals surface area contributed by atoms with Crippen molar-refractivity contribution in [2.75, 3.05) is 6.61 Å². The van der Waals surface area contributed by atoms with E-state index in [4.69, 9.17) is 4.74 Å². The highest BCUT2D eigenvalue weighted by molar-refractivity contribution is 7.79. The molecule has 0 bridgehead atoms. The first-order valence-electron chi connectivity index (χ1n) is 6.11. The Morgan fingerprint density at radius 3 is 2.33 bits per heavy atom. The van der Waals surface area contributed by atoms with E-state index in [2.05, 4.69) is 13.8 Å². The molecule has 0 fully saturated rings. The zero-order valence-corrected chi connectivity index (χ0v) is 12.4. The van der Waals surface area contributed by atoms with Gasteiger partial charge in [-0.3, -0.25) is 0 Å². The largest absolute Gasteiger partial charge is 0.492 e. The Balaban J connectivity index is 2.70. The van der Waals surface area contributed by atoms with E-state index in [0.717, 1.165) is 28.9 Å². The first-order chi connectivity index (χ1) is 8.24. The number of rotatable bonds is 1. The third kappa shape index (κ3) is 2.08. The molecule has 0 aromatic heterocycles. The summed E-state index contributed by atoms with van der Waals surface area (Å²) in [5.74, 6) is 0.815. The molecule has 1 aliphatic heterocycles. The van der Waals surface area contributed by atoms with Gasteiger partial charge >= 0.3 is 0 Å². The molecule has 0 saturated heterocycles. The summed E-state index contributed by atoms with van der Waals surface area (Å²) in [6, 6.07) is 0. The summed E-state index contributed by atoms with van der Waals surface area (Å²) >= 11 is -1.96. The summed E-state index contributed by atoms with van der Waals surface area (Å²) in [7, 11) is 0. The van der Waals surface area contributed by atoms with E-state index in [9.17, 15) is 8.76 Å². The molecule has 0 amide bonds. The van der Waals surface area contributed by atoms with E-state index in [-0.39, 0.29) is 5.41 Å². The van der Waals surface area contributed by atoms with E-state index in [1.807, 2.05) is 20.8 Å². The molecule has 0 aliphatic carbocycles. The van der Waals surface area contributed by atoms with Crippen molar-refractivity contribution in [3.63, 3.8) is 0 Å². The van der Waals surface area contributed by atoms with Gasteiger partial charge in [0.2, 0.25) is 0 Å². The number of hydrogen-bond acceptors (Lipinski definition) is 2. The van der Waals surface area contributed by atoms with Crippen molar-refractivity contribution < 1.29 is 13.5 Å². The van der Waals surface area contributed by atoms with Crippen LogP contribution in [0.25, 0.3) is 0 Å². The smallest absolute Gasteiger partial charge is 0.187 e. The van der Waals surface area contributed by atoms with Crippen LogP contribution < -0.4 is 4.74 Å². The van der Waals surface area contributed by atoms with Crippen molar-refractivity contribution >= 4 is 11.1 Å². The molecule has 0 saturated carbocycles. The average Bonchev–Trinajstić information content (AvgIpc) is 2.24. The van der Waals surface area contributed by atoms with Crippen LogP contribution in [0.4, 0.5) is 0 Å². The fourth-order valence-electron chi connectivity index (χ4n) is 2.64. The Morgan fingerprint density at radius 1 is 1.17 bits per heavy atom. The zero-order valence-electron chi connectivity index (χ0n) is 11.6. The molecule has 1 unspecified atom stereocenters. The van der Waals surface area contributed by atoms with Gasteiger partial charge in [-0.15, -0.1) is 0 Å². The molecule has 1 aromatic carbocycles. The minimum Gasteiger partial charge on any atom is -0.492 e. The number of ether oxygens (including phenoxy) is 1. The minimum atomic E-state index is -1.96. The molecule has 1 heterocycles. The Kier molecular flexibility index (Phi) is 3.28. The maximum absolute atomic E-state index is 11.5. The van der Waals surface area contributed by atoms with Crippen LogP contribution in [0.15, 0.2) is 4.90 Å². The predicted molar refractivity (Wildman–Crippen MR) is 72.7 cm³/mol. The average molecular weight is 268 g/mol. The standard InChI is InChI=1S/C14H20O3S/c1-8-9(2)13(18(15)16)10(3)12-11(8)6-14(4,5)7-17-12/h6-7H2,1-5H3,(H,15,16). The van der Waals surface area contributed by atoms with Gasteiger partial charge in [-0.1, -0.05) is 13.8 Å². The molecule has 0 spiro atoms. The summed E-state index contributed by atoms with van der Waals surface area (Å²) in [6.45, 7) is 10.8. The van der Waals surface area contributed by atoms with Crippen LogP contribution in [0.1, 0.15) is 36.1 Å². The van der Waals surface area contributed by atoms with Crippen molar-refractivity contribution in [2.45, 2.75) is 45.9 Å². The van der Waals surface area contributed by atoms with Crippen LogP contribution in [-0.4, -0.2) is 15.4 Å². The molecule has 18 heavy (non-hydrogen) atoms. The van der Waals surface area contributed by atoms with E-state index < -0.39 is 11.1 Å². The number of benzene rings is 1. The monoisotopic (exact) mass is 268 g/mol. The molecular weight excluding hydrogens is 248 g/mol. The molecule has 1 N–H and O–H groups in total. The maximum atomic E-state index is 11.5. The van der Waals surface area contributed by atoms with Crippen LogP contribution >= 0.6 is 0 Å². The van der Waals surface area contributed by atoms with Gasteiger partial charge in [-0.05, 0) is 43.9 Å². The highest BCUT2D eigenvalue weighted by Gasteiger charge is 2.31. The Labute approximate surface area is 111 Å². The Bertz CT molecular complexity index is 533. The highest BCUT2D eigenvalue weighted by Crippen LogP contribution is 2.41. The SMILES string of the molecule is Cc1c(C)c(S(=O)O)c(C)c2c1CC(C)(C)CO2. The van der Waals surface area contributed by atoms with E-state index in [1.165, 1.54) is 5.56 Å². The van der Waals surface area contributed by atoms with Crippen LogP contribution in [0.5, 0.6) is 5.75 Å². The van der Waals surface area contributed by atoms with Gasteiger partial charge in [0.1, 0.15) is 5.75 Å². The maximum Gasteiger partial charge on any atom is 0.187 e. The summed E-state index contributed by atoms with van der Waals surface area (Å²) in [4.78, 5) is 0.506. The highest BCUT2D eigenvalue weighted by atomic mass is 32.2. The molecular formula is C14H20O3S. The fraction of sp³-hybridized carbons (Fsp3) is 0.571. The lowest BCUT2D eigenvalue weighted by Crippen LogP contribution is -2.30. The van der Waals surface area contributed by atoms with Crippen molar-refractivity contribution in [2.24, 2.45) is 5.41 Å². The van der Waals surface area contributed by atoms with Gasteiger partial charge in [0.05, 0.1) is 11.5 Å². The van der Waals surface area contributed by atoms with Crippen molar-refractivity contribution in [3.05, 3.63) is 22.3 Å². The van der Waals surface area contributed by atoms with Gasteiger partial charge in [0.25, 0.3) is 0 Å². The lowest BCUT2D eigenvalue weighted by atomic mass is 9.81. The number of hydrogen-bond donors (Lipinski definition) is 1. The normalized spacial score (nSPS) is 19.0. The van der Waals surface area contributed by atoms with Crippen molar-refractivity contribution in [1.29, 1.82) is 0 Å². The molecule has 4 heteroatoms. The van der Waals surface area contributed by atoms with Crippen LogP contribution in [-0.2, 0) is 17.5 Å². The van der Waals surface area contributed by atoms with Crippen molar-refractivity contribution in [3.8, 4) is 5.75 Å². The second-order valence-electron chi connectivity index (χ2n) is 5.89. The van der Waals surface area contributed by atoms with E-state index >= 15 is 0 Å². The predicted octanol–water partition coefficient (Wildman–Crippen LogP) is 3.15. The van der Waals surface area contributed by atoms with E-state index in [0.29, 0.717) is 11.5 Å². The molecule has 100 valence electrons. The second-order valence-corrected chi connectivity index (χ2v) is 6.80. The Hall–Kier alpha value is -0.870. The lowest BCUT2D eigenvalue weighted by molar-refractivity contribution is 0.153. The molecule has 3 nitrogen and oxygen atoms in total. The summed E-state index contributed by atoms with van der Waals surface area (Å²) in [6.07, 6.45) is 0.953. The first-order valence-corrected chi connectivity index (χ1v) is 7.21. The van der Waals surface area contributed by atoms with Crippen LogP contribution in [0.3, 0.4) is 0 Å². The van der Waals surface area contributed by atoms with Gasteiger partial charge in [0.15, 0.2) is 11.1 Å². The van der Waals surface area contributed by atoms with Gasteiger partial charge in [-0.25, -0.2) is 4.21 Å². The number of fused-ring (bicyclic) bond motifs is 1. The van der Waals surface area contributed by atoms with Gasteiger partial charge in [0, 0.05) is 11.0 Å². The summed E-state index contributed by atoms with van der Waals surface area (Å²) in [5, 5.41) is 0. The third-order valence-corrected chi connectivity index (χ3v) is 4.71. The van der Waals surface area contributed by atoms with Gasteiger partial charge < -0.3 is 9.29 Å². The van der Waals surface area contributed by atoms with Crippen molar-refractivity contribution in [1.82, 2.24) is 0 Å². The molecule has 0 radical (unpaired) electrons. The lowest BCUT2D eigenvalue weighted by Gasteiger charge is -2.34. The quantitative estimate of drug-likeness (QED) is 0.796. The third-order valence-electron chi connectivity index (χ3n) is 3.75. The summed E-state index contributed by atoms with van der Waals surface area (Å²) < 4.78 is 26.7. The first kappa shape index (κ1) is 13.6. The summed E-state index contributed by atoms with van der Waals surface area (Å²) in [5.41, 5.74) is 4.12. The molecule has 1 atom stereocenters. The van der Waals surface area contributed by atoms with E-state index in [1.54, 1.807) is 0 Å². The second kappa shape index (κ2) is 4.35. The van der Waals surface area contributed by atoms with Crippen LogP contribution in [0, 0.1) is 26.2 Å². The minimum absolute atomic E-state index is 0.122. The van der Waals surface area contributed by atoms with Gasteiger partial charge in [-0.2, -0.15) is 0 Å². The Morgan fingerprint density at radius 2 is 1.78 bits per heavy atom. The van der Waals surface area contributed by atoms with Crippen LogP contribution in [0.2, 0.25) is 0 Å². The molecule has 1 aliphatic rings. The topological polar surface area (TPSA) is 46.5 Å². The zero-order chi connectivity index (χ0) is 13.7. The molecule has 2 rings (SSSR count). The molecule has 1 aromatic rings.